The number of carbonyl (C=O) groups is 2. The lowest BCUT2D eigenvalue weighted by molar-refractivity contribution is -0.148. The van der Waals surface area contributed by atoms with Gasteiger partial charge in [-0.15, -0.1) is 0 Å². The van der Waals surface area contributed by atoms with Crippen LogP contribution in [0.5, 0.6) is 5.75 Å². The van der Waals surface area contributed by atoms with Gasteiger partial charge in [0.15, 0.2) is 0 Å². The summed E-state index contributed by atoms with van der Waals surface area (Å²) in [5.74, 6) is -0.0979. The van der Waals surface area contributed by atoms with Crippen molar-refractivity contribution in [1.29, 1.82) is 0 Å². The molecule has 128 valence electrons. The molecule has 0 saturated carbocycles. The maximum absolute atomic E-state index is 13.1. The van der Waals surface area contributed by atoms with Crippen molar-refractivity contribution >= 4 is 17.6 Å². The molecule has 0 spiro atoms. The summed E-state index contributed by atoms with van der Waals surface area (Å²) >= 11 is 0. The Bertz CT molecular complexity index is 845. The fourth-order valence-electron chi connectivity index (χ4n) is 3.54. The van der Waals surface area contributed by atoms with Crippen molar-refractivity contribution < 1.29 is 19.1 Å². The lowest BCUT2D eigenvalue weighted by Gasteiger charge is -2.33. The highest BCUT2D eigenvalue weighted by Gasteiger charge is 2.35. The topological polar surface area (TPSA) is 55.8 Å². The van der Waals surface area contributed by atoms with E-state index in [0.29, 0.717) is 17.0 Å². The average Bonchev–Trinajstić information content (AvgIpc) is 3.13. The van der Waals surface area contributed by atoms with Crippen LogP contribution in [0.1, 0.15) is 27.9 Å². The zero-order valence-corrected chi connectivity index (χ0v) is 14.0. The molecule has 2 aromatic rings. The monoisotopic (exact) mass is 337 g/mol. The highest BCUT2D eigenvalue weighted by atomic mass is 16.6. The summed E-state index contributed by atoms with van der Waals surface area (Å²) in [5, 5.41) is 0. The molecule has 0 N–H and O–H groups in total. The SMILES string of the molecule is COC(=O)[C@H]1CN(C(=O)c2ccc3c(c2)CCC3)c2ccccc2O1. The number of para-hydroxylation sites is 2. The number of carbonyl (C=O) groups excluding carboxylic acids is 2. The van der Waals surface area contributed by atoms with Crippen LogP contribution < -0.4 is 9.64 Å². The van der Waals surface area contributed by atoms with E-state index in [0.717, 1.165) is 19.3 Å². The fourth-order valence-corrected chi connectivity index (χ4v) is 3.54. The van der Waals surface area contributed by atoms with Gasteiger partial charge in [-0.05, 0) is 54.7 Å². The molecule has 0 unspecified atom stereocenters. The van der Waals surface area contributed by atoms with Gasteiger partial charge in [-0.3, -0.25) is 4.79 Å². The van der Waals surface area contributed by atoms with Crippen LogP contribution in [0.2, 0.25) is 0 Å². The number of rotatable bonds is 2. The highest BCUT2D eigenvalue weighted by Crippen LogP contribution is 2.34. The van der Waals surface area contributed by atoms with Crippen molar-refractivity contribution in [3.05, 3.63) is 59.2 Å². The highest BCUT2D eigenvalue weighted by molar-refractivity contribution is 6.08. The van der Waals surface area contributed by atoms with E-state index >= 15 is 0 Å². The van der Waals surface area contributed by atoms with E-state index < -0.39 is 12.1 Å². The molecule has 0 fully saturated rings. The van der Waals surface area contributed by atoms with E-state index in [1.165, 1.54) is 18.2 Å². The number of benzene rings is 2. The quantitative estimate of drug-likeness (QED) is 0.791. The maximum Gasteiger partial charge on any atom is 0.348 e. The second-order valence-corrected chi connectivity index (χ2v) is 6.35. The van der Waals surface area contributed by atoms with Crippen molar-refractivity contribution in [2.75, 3.05) is 18.6 Å². The van der Waals surface area contributed by atoms with Gasteiger partial charge in [0.2, 0.25) is 6.10 Å². The Labute approximate surface area is 146 Å². The first-order chi connectivity index (χ1) is 12.2. The standard InChI is InChI=1S/C20H19NO4/c1-24-20(23)18-12-21(16-7-2-3-8-17(16)25-18)19(22)15-10-9-13-5-4-6-14(13)11-15/h2-3,7-11,18H,4-6,12H2,1H3/t18-/m1/s1. The molecule has 1 atom stereocenters. The minimum atomic E-state index is -0.821. The Balaban J connectivity index is 1.70. The van der Waals surface area contributed by atoms with Crippen LogP contribution in [0, 0.1) is 0 Å². The number of hydrogen-bond acceptors (Lipinski definition) is 4. The van der Waals surface area contributed by atoms with E-state index in [-0.39, 0.29) is 12.5 Å². The first-order valence-electron chi connectivity index (χ1n) is 8.44. The normalized spacial score (nSPS) is 18.1. The predicted octanol–water partition coefficient (Wildman–Crippen LogP) is 2.76. The van der Waals surface area contributed by atoms with Crippen LogP contribution >= 0.6 is 0 Å². The number of hydrogen-bond donors (Lipinski definition) is 0. The van der Waals surface area contributed by atoms with Gasteiger partial charge in [-0.25, -0.2) is 4.79 Å². The van der Waals surface area contributed by atoms with Gasteiger partial charge in [0.25, 0.3) is 5.91 Å². The molecule has 0 saturated heterocycles. The first-order valence-corrected chi connectivity index (χ1v) is 8.44. The summed E-state index contributed by atoms with van der Waals surface area (Å²) < 4.78 is 10.5. The van der Waals surface area contributed by atoms with Crippen molar-refractivity contribution in [1.82, 2.24) is 0 Å². The van der Waals surface area contributed by atoms with Crippen molar-refractivity contribution in [2.45, 2.75) is 25.4 Å². The molecular weight excluding hydrogens is 318 g/mol. The van der Waals surface area contributed by atoms with Gasteiger partial charge in [0.05, 0.1) is 19.3 Å². The molecule has 1 amide bonds. The lowest BCUT2D eigenvalue weighted by atomic mass is 10.0. The molecular formula is C20H19NO4. The molecule has 0 bridgehead atoms. The van der Waals surface area contributed by atoms with Gasteiger partial charge < -0.3 is 14.4 Å². The predicted molar refractivity (Wildman–Crippen MR) is 93.0 cm³/mol. The number of methoxy groups -OCH3 is 1. The van der Waals surface area contributed by atoms with Gasteiger partial charge in [-0.1, -0.05) is 18.2 Å². The summed E-state index contributed by atoms with van der Waals surface area (Å²) in [6, 6.07) is 13.1. The zero-order chi connectivity index (χ0) is 17.4. The number of amides is 1. The van der Waals surface area contributed by atoms with E-state index in [4.69, 9.17) is 9.47 Å². The van der Waals surface area contributed by atoms with Crippen LogP contribution in [0.15, 0.2) is 42.5 Å². The third-order valence-corrected chi connectivity index (χ3v) is 4.83. The van der Waals surface area contributed by atoms with Gasteiger partial charge >= 0.3 is 5.97 Å². The number of fused-ring (bicyclic) bond motifs is 2. The minimum absolute atomic E-state index is 0.126. The summed E-state index contributed by atoms with van der Waals surface area (Å²) in [7, 11) is 1.32. The molecule has 2 aromatic carbocycles. The minimum Gasteiger partial charge on any atom is -0.475 e. The van der Waals surface area contributed by atoms with Crippen LogP contribution in [0.3, 0.4) is 0 Å². The summed E-state index contributed by atoms with van der Waals surface area (Å²) in [5.41, 5.74) is 3.89. The molecule has 1 aliphatic heterocycles. The van der Waals surface area contributed by atoms with Gasteiger partial charge in [0.1, 0.15) is 5.75 Å². The van der Waals surface area contributed by atoms with E-state index in [9.17, 15) is 9.59 Å². The Morgan fingerprint density at radius 1 is 1.12 bits per heavy atom. The molecule has 5 heteroatoms. The molecule has 5 nitrogen and oxygen atoms in total. The number of anilines is 1. The summed E-state index contributed by atoms with van der Waals surface area (Å²) in [6.07, 6.45) is 2.41. The zero-order valence-electron chi connectivity index (χ0n) is 14.0. The molecule has 4 rings (SSSR count). The van der Waals surface area contributed by atoms with E-state index in [1.54, 1.807) is 11.0 Å². The van der Waals surface area contributed by atoms with Crippen molar-refractivity contribution in [2.24, 2.45) is 0 Å². The van der Waals surface area contributed by atoms with Gasteiger partial charge in [0, 0.05) is 5.56 Å². The number of nitrogens with zero attached hydrogens (tertiary/aromatic N) is 1. The third kappa shape index (κ3) is 2.76. The largest absolute Gasteiger partial charge is 0.475 e. The molecule has 2 aliphatic rings. The van der Waals surface area contributed by atoms with Crippen molar-refractivity contribution in [3.8, 4) is 5.75 Å². The van der Waals surface area contributed by atoms with Crippen molar-refractivity contribution in [3.63, 3.8) is 0 Å². The summed E-state index contributed by atoms with van der Waals surface area (Å²) in [4.78, 5) is 26.7. The van der Waals surface area contributed by atoms with E-state index in [1.807, 2.05) is 36.4 Å². The average molecular weight is 337 g/mol. The second-order valence-electron chi connectivity index (χ2n) is 6.35. The third-order valence-electron chi connectivity index (χ3n) is 4.83. The van der Waals surface area contributed by atoms with Crippen LogP contribution in [-0.2, 0) is 22.4 Å². The van der Waals surface area contributed by atoms with Crippen LogP contribution in [0.25, 0.3) is 0 Å². The van der Waals surface area contributed by atoms with Crippen LogP contribution in [-0.4, -0.2) is 31.6 Å². The number of aryl methyl sites for hydroxylation is 2. The fraction of sp³-hybridized carbons (Fsp3) is 0.300. The molecule has 1 aliphatic carbocycles. The Kier molecular flexibility index (Phi) is 3.92. The first kappa shape index (κ1) is 15.7. The summed E-state index contributed by atoms with van der Waals surface area (Å²) in [6.45, 7) is 0.138. The Morgan fingerprint density at radius 3 is 2.76 bits per heavy atom. The van der Waals surface area contributed by atoms with Crippen LogP contribution in [0.4, 0.5) is 5.69 Å². The lowest BCUT2D eigenvalue weighted by Crippen LogP contribution is -2.47. The number of esters is 1. The Morgan fingerprint density at radius 2 is 1.92 bits per heavy atom. The molecule has 0 radical (unpaired) electrons. The number of ether oxygens (including phenoxy) is 2. The Hall–Kier alpha value is -2.82. The second kappa shape index (κ2) is 6.24. The molecule has 25 heavy (non-hydrogen) atoms. The smallest absolute Gasteiger partial charge is 0.348 e. The maximum atomic E-state index is 13.1. The molecule has 1 heterocycles. The molecule has 0 aromatic heterocycles. The van der Waals surface area contributed by atoms with Gasteiger partial charge in [-0.2, -0.15) is 0 Å². The van der Waals surface area contributed by atoms with E-state index in [2.05, 4.69) is 0 Å².